The summed E-state index contributed by atoms with van der Waals surface area (Å²) in [6.45, 7) is 0.496. The van der Waals surface area contributed by atoms with Gasteiger partial charge in [-0.3, -0.25) is 19.3 Å². The molecule has 12 heteroatoms. The molecule has 0 radical (unpaired) electrons. The van der Waals surface area contributed by atoms with Crippen molar-refractivity contribution in [1.29, 1.82) is 0 Å². The lowest BCUT2D eigenvalue weighted by atomic mass is 10.2. The summed E-state index contributed by atoms with van der Waals surface area (Å²) in [7, 11) is -3.79. The van der Waals surface area contributed by atoms with Crippen molar-refractivity contribution in [1.82, 2.24) is 29.7 Å². The Morgan fingerprint density at radius 2 is 2.00 bits per heavy atom. The largest absolute Gasteiger partial charge is 0.354 e. The molecule has 1 aromatic carbocycles. The number of nitrogens with zero attached hydrogens (tertiary/aromatic N) is 3. The number of benzene rings is 1. The number of H-pyrrole nitrogens is 1. The van der Waals surface area contributed by atoms with Gasteiger partial charge >= 0.3 is 0 Å². The van der Waals surface area contributed by atoms with Gasteiger partial charge in [-0.25, -0.2) is 8.42 Å². The highest BCUT2D eigenvalue weighted by Gasteiger charge is 2.29. The molecule has 2 heterocycles. The first-order chi connectivity index (χ1) is 13.9. The van der Waals surface area contributed by atoms with E-state index in [4.69, 9.17) is 12.2 Å². The third-order valence-corrected chi connectivity index (χ3v) is 7.00. The third-order valence-electron chi connectivity index (χ3n) is 4.85. The summed E-state index contributed by atoms with van der Waals surface area (Å²) in [4.78, 5) is 23.9. The van der Waals surface area contributed by atoms with Gasteiger partial charge in [-0.15, -0.1) is 0 Å². The van der Waals surface area contributed by atoms with E-state index >= 15 is 0 Å². The quantitative estimate of drug-likeness (QED) is 0.560. The molecule has 29 heavy (non-hydrogen) atoms. The Labute approximate surface area is 172 Å². The Morgan fingerprint density at radius 3 is 2.66 bits per heavy atom. The van der Waals surface area contributed by atoms with Crippen molar-refractivity contribution in [3.05, 3.63) is 40.4 Å². The highest BCUT2D eigenvalue weighted by atomic mass is 32.2. The van der Waals surface area contributed by atoms with Crippen molar-refractivity contribution in [2.45, 2.75) is 30.3 Å². The third kappa shape index (κ3) is 4.09. The molecule has 1 aliphatic heterocycles. The number of carbonyl (C=O) groups is 2. The lowest BCUT2D eigenvalue weighted by molar-refractivity contribution is -0.122. The van der Waals surface area contributed by atoms with Crippen LogP contribution in [0.2, 0.25) is 0 Å². The van der Waals surface area contributed by atoms with Gasteiger partial charge in [0.05, 0.1) is 18.0 Å². The Morgan fingerprint density at radius 1 is 1.28 bits per heavy atom. The molecule has 2 aromatic rings. The summed E-state index contributed by atoms with van der Waals surface area (Å²) in [5.41, 5.74) is 0.326. The van der Waals surface area contributed by atoms with Crippen LogP contribution in [-0.4, -0.2) is 58.9 Å². The Kier molecular flexibility index (Phi) is 5.23. The average Bonchev–Trinajstić information content (AvgIpc) is 3.48. The van der Waals surface area contributed by atoms with E-state index < -0.39 is 10.0 Å². The number of rotatable bonds is 6. The summed E-state index contributed by atoms with van der Waals surface area (Å²) in [6, 6.07) is 5.98. The van der Waals surface area contributed by atoms with Gasteiger partial charge < -0.3 is 10.6 Å². The SMILES string of the molecule is O=C1CN(S(=O)(=O)c2ccc(C(=O)NCc3n[nH]c(=S)n3C3CC3)cc2)CCN1. The minimum absolute atomic E-state index is 0.0402. The van der Waals surface area contributed by atoms with Gasteiger partial charge in [0.2, 0.25) is 15.9 Å². The normalized spacial score (nSPS) is 17.7. The van der Waals surface area contributed by atoms with E-state index in [0.717, 1.165) is 17.1 Å². The van der Waals surface area contributed by atoms with Gasteiger partial charge in [-0.1, -0.05) is 0 Å². The highest BCUT2D eigenvalue weighted by molar-refractivity contribution is 7.89. The molecule has 154 valence electrons. The predicted octanol–water partition coefficient (Wildman–Crippen LogP) is 0.326. The molecule has 0 spiro atoms. The molecule has 1 aromatic heterocycles. The highest BCUT2D eigenvalue weighted by Crippen LogP contribution is 2.35. The molecule has 3 N–H and O–H groups in total. The minimum Gasteiger partial charge on any atom is -0.354 e. The van der Waals surface area contributed by atoms with Crippen molar-refractivity contribution in [3.63, 3.8) is 0 Å². The van der Waals surface area contributed by atoms with Crippen molar-refractivity contribution in [3.8, 4) is 0 Å². The summed E-state index contributed by atoms with van der Waals surface area (Å²) < 4.78 is 28.9. The fourth-order valence-corrected chi connectivity index (χ4v) is 4.88. The molecule has 1 saturated carbocycles. The van der Waals surface area contributed by atoms with Crippen LogP contribution in [0.5, 0.6) is 0 Å². The van der Waals surface area contributed by atoms with E-state index in [9.17, 15) is 18.0 Å². The van der Waals surface area contributed by atoms with E-state index in [-0.39, 0.29) is 42.9 Å². The van der Waals surface area contributed by atoms with Crippen LogP contribution in [0.3, 0.4) is 0 Å². The first kappa shape index (κ1) is 19.7. The summed E-state index contributed by atoms with van der Waals surface area (Å²) in [5, 5.41) is 12.3. The zero-order valence-electron chi connectivity index (χ0n) is 15.4. The number of nitrogens with one attached hydrogen (secondary N) is 3. The van der Waals surface area contributed by atoms with Crippen molar-refractivity contribution >= 4 is 34.1 Å². The summed E-state index contributed by atoms with van der Waals surface area (Å²) >= 11 is 5.22. The maximum atomic E-state index is 12.7. The molecular weight excluding hydrogens is 416 g/mol. The van der Waals surface area contributed by atoms with Gasteiger partial charge in [-0.05, 0) is 49.3 Å². The smallest absolute Gasteiger partial charge is 0.251 e. The second kappa shape index (κ2) is 7.69. The number of piperazine rings is 1. The fraction of sp³-hybridized carbons (Fsp3) is 0.412. The van der Waals surface area contributed by atoms with Crippen molar-refractivity contribution in [2.75, 3.05) is 19.6 Å². The van der Waals surface area contributed by atoms with Crippen LogP contribution < -0.4 is 10.6 Å². The maximum Gasteiger partial charge on any atom is 0.251 e. The van der Waals surface area contributed by atoms with Crippen LogP contribution >= 0.6 is 12.2 Å². The van der Waals surface area contributed by atoms with Crippen molar-refractivity contribution in [2.24, 2.45) is 0 Å². The molecule has 10 nitrogen and oxygen atoms in total. The zero-order valence-corrected chi connectivity index (χ0v) is 17.1. The first-order valence-electron chi connectivity index (χ1n) is 9.17. The van der Waals surface area contributed by atoms with Crippen LogP contribution in [0.1, 0.15) is 35.1 Å². The fourth-order valence-electron chi connectivity index (χ4n) is 3.18. The molecule has 1 saturated heterocycles. The molecule has 2 fully saturated rings. The molecule has 2 aliphatic rings. The lowest BCUT2D eigenvalue weighted by Crippen LogP contribution is -2.49. The number of carbonyl (C=O) groups excluding carboxylic acids is 2. The number of aromatic amines is 1. The van der Waals surface area contributed by atoms with Gasteiger partial charge in [0, 0.05) is 24.7 Å². The average molecular weight is 437 g/mol. The molecular formula is C17H20N6O4S2. The standard InChI is InChI=1S/C17H20N6O4S2/c24-15-10-22(8-7-18-15)29(26,27)13-5-1-11(2-6-13)16(25)19-9-14-20-21-17(28)23(14)12-3-4-12/h1-2,5-6,12H,3-4,7-10H2,(H,18,24)(H,19,25)(H,21,28). The van der Waals surface area contributed by atoms with Crippen LogP contribution in [0.25, 0.3) is 0 Å². The monoisotopic (exact) mass is 436 g/mol. The van der Waals surface area contributed by atoms with E-state index in [1.54, 1.807) is 0 Å². The van der Waals surface area contributed by atoms with E-state index in [1.165, 1.54) is 24.3 Å². The van der Waals surface area contributed by atoms with Crippen LogP contribution in [0.4, 0.5) is 0 Å². The number of sulfonamides is 1. The molecule has 4 rings (SSSR count). The molecule has 0 atom stereocenters. The van der Waals surface area contributed by atoms with E-state index in [0.29, 0.717) is 22.2 Å². The molecule has 2 amide bonds. The Hall–Kier alpha value is -2.57. The summed E-state index contributed by atoms with van der Waals surface area (Å²) in [6.07, 6.45) is 2.09. The second-order valence-electron chi connectivity index (χ2n) is 6.94. The number of amides is 2. The molecule has 0 unspecified atom stereocenters. The first-order valence-corrected chi connectivity index (χ1v) is 11.0. The van der Waals surface area contributed by atoms with Crippen molar-refractivity contribution < 1.29 is 18.0 Å². The number of aromatic nitrogens is 3. The maximum absolute atomic E-state index is 12.7. The Balaban J connectivity index is 1.43. The second-order valence-corrected chi connectivity index (χ2v) is 9.27. The number of hydrogen-bond acceptors (Lipinski definition) is 6. The van der Waals surface area contributed by atoms with E-state index in [1.807, 2.05) is 4.57 Å². The predicted molar refractivity (Wildman–Crippen MR) is 105 cm³/mol. The van der Waals surface area contributed by atoms with Crippen LogP contribution in [-0.2, 0) is 21.4 Å². The zero-order chi connectivity index (χ0) is 20.6. The lowest BCUT2D eigenvalue weighted by Gasteiger charge is -2.25. The summed E-state index contributed by atoms with van der Waals surface area (Å²) in [5.74, 6) is -0.0177. The van der Waals surface area contributed by atoms with Gasteiger partial charge in [-0.2, -0.15) is 9.40 Å². The van der Waals surface area contributed by atoms with Gasteiger partial charge in [0.1, 0.15) is 0 Å². The Bertz CT molecular complexity index is 1100. The molecule has 0 bridgehead atoms. The molecule has 1 aliphatic carbocycles. The van der Waals surface area contributed by atoms with Crippen LogP contribution in [0.15, 0.2) is 29.2 Å². The minimum atomic E-state index is -3.79. The van der Waals surface area contributed by atoms with Gasteiger partial charge in [0.25, 0.3) is 5.91 Å². The number of hydrogen-bond donors (Lipinski definition) is 3. The van der Waals surface area contributed by atoms with Gasteiger partial charge in [0.15, 0.2) is 10.6 Å². The van der Waals surface area contributed by atoms with Crippen LogP contribution in [0, 0.1) is 4.77 Å². The van der Waals surface area contributed by atoms with E-state index in [2.05, 4.69) is 20.8 Å². The topological polar surface area (TPSA) is 129 Å².